The Bertz CT molecular complexity index is 742. The maximum absolute atomic E-state index is 11.2. The molecule has 0 bridgehead atoms. The number of fused-ring (bicyclic) bond motifs is 1. The molecule has 0 aliphatic carbocycles. The predicted molar refractivity (Wildman–Crippen MR) is 89.7 cm³/mol. The molecule has 10 heteroatoms. The van der Waals surface area contributed by atoms with Gasteiger partial charge in [0, 0.05) is 19.2 Å². The minimum atomic E-state index is -0.409. The van der Waals surface area contributed by atoms with Crippen LogP contribution in [0.1, 0.15) is 0 Å². The number of morpholine rings is 1. The quantitative estimate of drug-likeness (QED) is 0.494. The lowest BCUT2D eigenvalue weighted by atomic mass is 10.2. The second kappa shape index (κ2) is 5.99. The van der Waals surface area contributed by atoms with Crippen molar-refractivity contribution in [1.29, 1.82) is 0 Å². The Balaban J connectivity index is 2.12. The molecule has 1 fully saturated rings. The van der Waals surface area contributed by atoms with Crippen molar-refractivity contribution in [1.82, 2.24) is 4.98 Å². The van der Waals surface area contributed by atoms with Crippen molar-refractivity contribution in [3.05, 3.63) is 22.2 Å². The molecule has 0 spiro atoms. The summed E-state index contributed by atoms with van der Waals surface area (Å²) in [7, 11) is 0. The van der Waals surface area contributed by atoms with Gasteiger partial charge in [-0.05, 0) is 18.3 Å². The molecule has 2 heterocycles. The molecule has 0 saturated carbocycles. The molecular weight excluding hydrogens is 326 g/mol. The topological polar surface area (TPSA) is 107 Å². The number of rotatable bonds is 3. The Morgan fingerprint density at radius 1 is 1.50 bits per heavy atom. The Labute approximate surface area is 135 Å². The number of non-ortho nitro benzene ring substituents is 1. The Kier molecular flexibility index (Phi) is 4.05. The van der Waals surface area contributed by atoms with E-state index in [9.17, 15) is 10.1 Å². The number of hydrogen-bond donors (Lipinski definition) is 2. The molecule has 3 rings (SSSR count). The van der Waals surface area contributed by atoms with Crippen LogP contribution in [0.2, 0.25) is 0 Å². The number of nitrogens with two attached hydrogens (primary N) is 1. The molecule has 0 amide bonds. The van der Waals surface area contributed by atoms with E-state index in [1.54, 1.807) is 6.07 Å². The lowest BCUT2D eigenvalue weighted by molar-refractivity contribution is -0.382. The molecule has 0 radical (unpaired) electrons. The van der Waals surface area contributed by atoms with Crippen LogP contribution in [0, 0.1) is 10.1 Å². The summed E-state index contributed by atoms with van der Waals surface area (Å²) in [5, 5.41) is 14.5. The highest BCUT2D eigenvalue weighted by atomic mass is 32.1. The average Bonchev–Trinajstić information content (AvgIpc) is 2.89. The number of nitro groups is 1. The summed E-state index contributed by atoms with van der Waals surface area (Å²) < 4.78 is 5.85. The van der Waals surface area contributed by atoms with E-state index in [4.69, 9.17) is 22.7 Å². The molecule has 1 aromatic carbocycles. The highest BCUT2D eigenvalue weighted by Gasteiger charge is 2.23. The standard InChI is InChI=1S/C12H13N5O3S2/c13-11(21)15-12-14-9-7(16-3-5-20-6-4-16)1-2-8(17(18)19)10(9)22-12/h1-2H,3-6H2,(H3,13,14,15,21). The van der Waals surface area contributed by atoms with E-state index in [-0.39, 0.29) is 10.8 Å². The predicted octanol–water partition coefficient (Wildman–Crippen LogP) is 1.70. The van der Waals surface area contributed by atoms with Crippen LogP contribution < -0.4 is 16.0 Å². The van der Waals surface area contributed by atoms with Gasteiger partial charge in [-0.2, -0.15) is 0 Å². The molecule has 8 nitrogen and oxygen atoms in total. The van der Waals surface area contributed by atoms with Gasteiger partial charge < -0.3 is 20.7 Å². The molecule has 3 N–H and O–H groups in total. The number of thiazole rings is 1. The highest BCUT2D eigenvalue weighted by Crippen LogP contribution is 2.39. The third-order valence-corrected chi connectivity index (χ3v) is 4.38. The van der Waals surface area contributed by atoms with Crippen molar-refractivity contribution in [2.45, 2.75) is 0 Å². The van der Waals surface area contributed by atoms with E-state index < -0.39 is 4.92 Å². The van der Waals surface area contributed by atoms with Gasteiger partial charge in [0.15, 0.2) is 10.2 Å². The van der Waals surface area contributed by atoms with Gasteiger partial charge in [-0.1, -0.05) is 11.3 Å². The van der Waals surface area contributed by atoms with Gasteiger partial charge in [-0.3, -0.25) is 10.1 Å². The second-order valence-electron chi connectivity index (χ2n) is 4.65. The van der Waals surface area contributed by atoms with Gasteiger partial charge in [0.05, 0.1) is 23.8 Å². The van der Waals surface area contributed by atoms with E-state index in [2.05, 4.69) is 15.2 Å². The monoisotopic (exact) mass is 339 g/mol. The number of aromatic nitrogens is 1. The van der Waals surface area contributed by atoms with Gasteiger partial charge >= 0.3 is 0 Å². The summed E-state index contributed by atoms with van der Waals surface area (Å²) in [6, 6.07) is 3.24. The van der Waals surface area contributed by atoms with Gasteiger partial charge in [0.1, 0.15) is 10.2 Å². The number of hydrogen-bond acceptors (Lipinski definition) is 7. The molecule has 1 aliphatic rings. The number of ether oxygens (including phenoxy) is 1. The zero-order chi connectivity index (χ0) is 15.7. The van der Waals surface area contributed by atoms with Crippen LogP contribution in [0.15, 0.2) is 12.1 Å². The maximum atomic E-state index is 11.2. The highest BCUT2D eigenvalue weighted by molar-refractivity contribution is 7.80. The van der Waals surface area contributed by atoms with Crippen LogP contribution in [-0.4, -0.2) is 41.3 Å². The first-order valence-electron chi connectivity index (χ1n) is 6.53. The lowest BCUT2D eigenvalue weighted by Gasteiger charge is -2.28. The van der Waals surface area contributed by atoms with Crippen LogP contribution in [0.25, 0.3) is 10.2 Å². The molecule has 0 atom stereocenters. The van der Waals surface area contributed by atoms with E-state index >= 15 is 0 Å². The Morgan fingerprint density at radius 3 is 2.86 bits per heavy atom. The molecule has 0 unspecified atom stereocenters. The number of nitrogens with one attached hydrogen (secondary N) is 1. The summed E-state index contributed by atoms with van der Waals surface area (Å²) >= 11 is 5.97. The summed E-state index contributed by atoms with van der Waals surface area (Å²) in [5.74, 6) is 0. The van der Waals surface area contributed by atoms with E-state index in [0.717, 1.165) is 18.8 Å². The zero-order valence-corrected chi connectivity index (χ0v) is 13.1. The number of nitro benzene ring substituents is 1. The molecule has 116 valence electrons. The van der Waals surface area contributed by atoms with Crippen molar-refractivity contribution in [3.63, 3.8) is 0 Å². The van der Waals surface area contributed by atoms with Crippen molar-refractivity contribution in [2.75, 3.05) is 36.5 Å². The smallest absolute Gasteiger partial charge is 0.288 e. The third-order valence-electron chi connectivity index (χ3n) is 3.28. The molecule has 2 aromatic rings. The summed E-state index contributed by atoms with van der Waals surface area (Å²) in [4.78, 5) is 17.3. The SMILES string of the molecule is NC(=S)Nc1nc2c(N3CCOCC3)ccc([N+](=O)[O-])c2s1. The summed E-state index contributed by atoms with van der Waals surface area (Å²) in [6.07, 6.45) is 0. The number of anilines is 2. The van der Waals surface area contributed by atoms with Crippen molar-refractivity contribution >= 4 is 55.4 Å². The van der Waals surface area contributed by atoms with E-state index in [1.807, 2.05) is 0 Å². The minimum Gasteiger partial charge on any atom is -0.378 e. The fraction of sp³-hybridized carbons (Fsp3) is 0.333. The zero-order valence-electron chi connectivity index (χ0n) is 11.4. The lowest BCUT2D eigenvalue weighted by Crippen LogP contribution is -2.36. The van der Waals surface area contributed by atoms with Crippen molar-refractivity contribution < 1.29 is 9.66 Å². The first-order chi connectivity index (χ1) is 10.6. The van der Waals surface area contributed by atoms with Gasteiger partial charge in [0.25, 0.3) is 5.69 Å². The minimum absolute atomic E-state index is 0.0282. The normalized spacial score (nSPS) is 15.0. The van der Waals surface area contributed by atoms with Crippen molar-refractivity contribution in [3.8, 4) is 0 Å². The largest absolute Gasteiger partial charge is 0.378 e. The molecule has 22 heavy (non-hydrogen) atoms. The fourth-order valence-electron chi connectivity index (χ4n) is 2.34. The van der Waals surface area contributed by atoms with E-state index in [1.165, 1.54) is 17.4 Å². The van der Waals surface area contributed by atoms with Gasteiger partial charge in [0.2, 0.25) is 0 Å². The second-order valence-corrected chi connectivity index (χ2v) is 6.09. The Morgan fingerprint density at radius 2 is 2.23 bits per heavy atom. The maximum Gasteiger partial charge on any atom is 0.288 e. The third kappa shape index (κ3) is 2.80. The molecule has 1 aromatic heterocycles. The first kappa shape index (κ1) is 14.9. The van der Waals surface area contributed by atoms with Crippen LogP contribution in [0.5, 0.6) is 0 Å². The Hall–Kier alpha value is -2.04. The van der Waals surface area contributed by atoms with Crippen LogP contribution in [-0.2, 0) is 4.74 Å². The molecule has 1 saturated heterocycles. The molecule has 1 aliphatic heterocycles. The van der Waals surface area contributed by atoms with Gasteiger partial charge in [-0.25, -0.2) is 4.98 Å². The number of thiocarbonyl (C=S) groups is 1. The number of benzene rings is 1. The fourth-order valence-corrected chi connectivity index (χ4v) is 3.49. The van der Waals surface area contributed by atoms with Gasteiger partial charge in [-0.15, -0.1) is 0 Å². The summed E-state index contributed by atoms with van der Waals surface area (Å²) in [6.45, 7) is 2.70. The van der Waals surface area contributed by atoms with E-state index in [0.29, 0.717) is 28.6 Å². The first-order valence-corrected chi connectivity index (χ1v) is 7.76. The number of nitrogens with zero attached hydrogens (tertiary/aromatic N) is 3. The average molecular weight is 339 g/mol. The molecular formula is C12H13N5O3S2. The van der Waals surface area contributed by atoms with Crippen LogP contribution >= 0.6 is 23.6 Å². The van der Waals surface area contributed by atoms with Crippen molar-refractivity contribution in [2.24, 2.45) is 5.73 Å². The van der Waals surface area contributed by atoms with Crippen LogP contribution in [0.3, 0.4) is 0 Å². The van der Waals surface area contributed by atoms with Crippen LogP contribution in [0.4, 0.5) is 16.5 Å². The summed E-state index contributed by atoms with van der Waals surface area (Å²) in [5.41, 5.74) is 6.92.